The van der Waals surface area contributed by atoms with E-state index in [9.17, 15) is 5.11 Å². The van der Waals surface area contributed by atoms with Crippen LogP contribution < -0.4 is 5.32 Å². The molecule has 21 heavy (non-hydrogen) atoms. The smallest absolute Gasteiger partial charge is 0.0914 e. The minimum atomic E-state index is -0.509. The summed E-state index contributed by atoms with van der Waals surface area (Å²) < 4.78 is 1.76. The van der Waals surface area contributed by atoms with E-state index in [1.807, 2.05) is 36.5 Å². The van der Waals surface area contributed by atoms with E-state index in [1.54, 1.807) is 10.9 Å². The summed E-state index contributed by atoms with van der Waals surface area (Å²) in [5.41, 5.74) is 0.932. The first-order valence-electron chi connectivity index (χ1n) is 7.04. The van der Waals surface area contributed by atoms with Gasteiger partial charge in [0.25, 0.3) is 0 Å². The van der Waals surface area contributed by atoms with Crippen LogP contribution in [0.2, 0.25) is 0 Å². The van der Waals surface area contributed by atoms with Crippen LogP contribution in [0, 0.1) is 0 Å². The summed E-state index contributed by atoms with van der Waals surface area (Å²) in [7, 11) is 0. The Kier molecular flexibility index (Phi) is 4.23. The van der Waals surface area contributed by atoms with Crippen molar-refractivity contribution in [2.45, 2.75) is 12.6 Å². The third-order valence-corrected chi connectivity index (χ3v) is 3.49. The first-order valence-corrected chi connectivity index (χ1v) is 7.04. The topological polar surface area (TPSA) is 63.0 Å². The Bertz CT molecular complexity index is 696. The molecule has 0 spiro atoms. The Morgan fingerprint density at radius 3 is 2.81 bits per heavy atom. The fourth-order valence-corrected chi connectivity index (χ4v) is 2.32. The number of nitrogens with zero attached hydrogens (tertiary/aromatic N) is 3. The second kappa shape index (κ2) is 6.47. The zero-order valence-corrected chi connectivity index (χ0v) is 11.7. The summed E-state index contributed by atoms with van der Waals surface area (Å²) in [5, 5.41) is 23.4. The van der Waals surface area contributed by atoms with Gasteiger partial charge in [-0.05, 0) is 22.4 Å². The lowest BCUT2D eigenvalue weighted by molar-refractivity contribution is 0.174. The van der Waals surface area contributed by atoms with Crippen molar-refractivity contribution in [1.29, 1.82) is 0 Å². The van der Waals surface area contributed by atoms with Crippen molar-refractivity contribution in [3.05, 3.63) is 60.4 Å². The lowest BCUT2D eigenvalue weighted by atomic mass is 10.0. The normalized spacial score (nSPS) is 12.6. The molecule has 0 bridgehead atoms. The fourth-order valence-electron chi connectivity index (χ4n) is 2.32. The second-order valence-electron chi connectivity index (χ2n) is 4.99. The lowest BCUT2D eigenvalue weighted by Gasteiger charge is -2.13. The summed E-state index contributed by atoms with van der Waals surface area (Å²) in [5.74, 6) is 0. The molecule has 1 unspecified atom stereocenters. The predicted molar refractivity (Wildman–Crippen MR) is 81.8 cm³/mol. The van der Waals surface area contributed by atoms with Crippen molar-refractivity contribution in [1.82, 2.24) is 20.3 Å². The molecular formula is C16H18N4O. The van der Waals surface area contributed by atoms with Crippen LogP contribution in [0.1, 0.15) is 11.7 Å². The minimum Gasteiger partial charge on any atom is -0.387 e. The van der Waals surface area contributed by atoms with Gasteiger partial charge in [0.05, 0.1) is 18.8 Å². The molecule has 5 nitrogen and oxygen atoms in total. The van der Waals surface area contributed by atoms with E-state index < -0.39 is 6.10 Å². The Morgan fingerprint density at radius 1 is 1.14 bits per heavy atom. The molecule has 1 heterocycles. The van der Waals surface area contributed by atoms with Gasteiger partial charge in [-0.2, -0.15) is 0 Å². The molecule has 0 fully saturated rings. The summed E-state index contributed by atoms with van der Waals surface area (Å²) in [6.45, 7) is 2.01. The zero-order valence-electron chi connectivity index (χ0n) is 11.7. The molecule has 0 radical (unpaired) electrons. The van der Waals surface area contributed by atoms with E-state index in [4.69, 9.17) is 0 Å². The monoisotopic (exact) mass is 282 g/mol. The standard InChI is InChI=1S/C16H18N4O/c21-16(12-17-7-9-20-10-8-18-19-20)15-6-5-13-3-1-2-4-14(13)11-15/h1-6,8,10-11,16-17,21H,7,9,12H2. The van der Waals surface area contributed by atoms with Crippen LogP contribution in [0.15, 0.2) is 54.9 Å². The maximum Gasteiger partial charge on any atom is 0.0914 e. The number of aliphatic hydroxyl groups is 1. The third kappa shape index (κ3) is 3.45. The Hall–Kier alpha value is -2.24. The van der Waals surface area contributed by atoms with Gasteiger partial charge in [0, 0.05) is 19.3 Å². The van der Waals surface area contributed by atoms with E-state index >= 15 is 0 Å². The largest absolute Gasteiger partial charge is 0.387 e. The summed E-state index contributed by atoms with van der Waals surface area (Å²) >= 11 is 0. The molecule has 3 aromatic rings. The second-order valence-corrected chi connectivity index (χ2v) is 4.99. The van der Waals surface area contributed by atoms with Crippen molar-refractivity contribution < 1.29 is 5.11 Å². The SMILES string of the molecule is OC(CNCCn1ccnn1)c1ccc2ccccc2c1. The number of benzene rings is 2. The predicted octanol–water partition coefficient (Wildman–Crippen LogP) is 1.75. The Morgan fingerprint density at radius 2 is 2.00 bits per heavy atom. The molecule has 0 saturated carbocycles. The molecule has 0 amide bonds. The van der Waals surface area contributed by atoms with Crippen LogP contribution in [0.4, 0.5) is 0 Å². The zero-order chi connectivity index (χ0) is 14.5. The highest BCUT2D eigenvalue weighted by molar-refractivity contribution is 5.83. The van der Waals surface area contributed by atoms with Gasteiger partial charge in [0.1, 0.15) is 0 Å². The molecule has 3 rings (SSSR count). The summed E-state index contributed by atoms with van der Waals surface area (Å²) in [6, 6.07) is 14.2. The highest BCUT2D eigenvalue weighted by Crippen LogP contribution is 2.19. The van der Waals surface area contributed by atoms with Gasteiger partial charge in [0.2, 0.25) is 0 Å². The van der Waals surface area contributed by atoms with Crippen LogP contribution in [-0.4, -0.2) is 33.2 Å². The Labute approximate surface area is 123 Å². The quantitative estimate of drug-likeness (QED) is 0.676. The molecule has 2 aromatic carbocycles. The van der Waals surface area contributed by atoms with E-state index in [0.29, 0.717) is 6.54 Å². The molecule has 5 heteroatoms. The highest BCUT2D eigenvalue weighted by atomic mass is 16.3. The molecular weight excluding hydrogens is 264 g/mol. The van der Waals surface area contributed by atoms with Gasteiger partial charge in [0.15, 0.2) is 0 Å². The molecule has 0 aliphatic heterocycles. The number of nitrogens with one attached hydrogen (secondary N) is 1. The molecule has 0 aliphatic carbocycles. The van der Waals surface area contributed by atoms with E-state index in [-0.39, 0.29) is 0 Å². The van der Waals surface area contributed by atoms with E-state index in [2.05, 4.69) is 27.8 Å². The average Bonchev–Trinajstić information content (AvgIpc) is 3.04. The molecule has 0 aliphatic rings. The van der Waals surface area contributed by atoms with Crippen molar-refractivity contribution in [2.75, 3.05) is 13.1 Å². The molecule has 1 atom stereocenters. The van der Waals surface area contributed by atoms with Gasteiger partial charge >= 0.3 is 0 Å². The molecule has 1 aromatic heterocycles. The fraction of sp³-hybridized carbons (Fsp3) is 0.250. The number of aromatic nitrogens is 3. The van der Waals surface area contributed by atoms with E-state index in [1.165, 1.54) is 5.39 Å². The molecule has 108 valence electrons. The maximum atomic E-state index is 10.2. The van der Waals surface area contributed by atoms with Crippen LogP contribution in [0.3, 0.4) is 0 Å². The molecule has 2 N–H and O–H groups in total. The van der Waals surface area contributed by atoms with Crippen molar-refractivity contribution in [2.24, 2.45) is 0 Å². The van der Waals surface area contributed by atoms with Crippen molar-refractivity contribution in [3.63, 3.8) is 0 Å². The third-order valence-electron chi connectivity index (χ3n) is 3.49. The van der Waals surface area contributed by atoms with Crippen LogP contribution in [-0.2, 0) is 6.54 Å². The summed E-state index contributed by atoms with van der Waals surface area (Å²) in [4.78, 5) is 0. The van der Waals surface area contributed by atoms with Crippen LogP contribution in [0.25, 0.3) is 10.8 Å². The van der Waals surface area contributed by atoms with Gasteiger partial charge in [-0.15, -0.1) is 5.10 Å². The number of aliphatic hydroxyl groups excluding tert-OH is 1. The number of rotatable bonds is 6. The van der Waals surface area contributed by atoms with Crippen molar-refractivity contribution in [3.8, 4) is 0 Å². The van der Waals surface area contributed by atoms with Crippen LogP contribution in [0.5, 0.6) is 0 Å². The average molecular weight is 282 g/mol. The number of hydrogen-bond acceptors (Lipinski definition) is 4. The van der Waals surface area contributed by atoms with Gasteiger partial charge in [-0.1, -0.05) is 41.6 Å². The summed E-state index contributed by atoms with van der Waals surface area (Å²) in [6.07, 6.45) is 2.97. The Balaban J connectivity index is 1.55. The van der Waals surface area contributed by atoms with Gasteiger partial charge in [-0.25, -0.2) is 0 Å². The minimum absolute atomic E-state index is 0.509. The first-order chi connectivity index (χ1) is 10.3. The maximum absolute atomic E-state index is 10.2. The number of hydrogen-bond donors (Lipinski definition) is 2. The van der Waals surface area contributed by atoms with Gasteiger partial charge < -0.3 is 10.4 Å². The first kappa shape index (κ1) is 13.7. The van der Waals surface area contributed by atoms with Crippen LogP contribution >= 0.6 is 0 Å². The van der Waals surface area contributed by atoms with Crippen molar-refractivity contribution >= 4 is 10.8 Å². The van der Waals surface area contributed by atoms with Gasteiger partial charge in [-0.3, -0.25) is 4.68 Å². The number of fused-ring (bicyclic) bond motifs is 1. The van der Waals surface area contributed by atoms with E-state index in [0.717, 1.165) is 24.0 Å². The lowest BCUT2D eigenvalue weighted by Crippen LogP contribution is -2.25. The highest BCUT2D eigenvalue weighted by Gasteiger charge is 2.07. The molecule has 0 saturated heterocycles.